The summed E-state index contributed by atoms with van der Waals surface area (Å²) >= 11 is 0. The minimum Gasteiger partial charge on any atom is -0.379 e. The van der Waals surface area contributed by atoms with Crippen LogP contribution in [0.3, 0.4) is 0 Å². The zero-order valence-electron chi connectivity index (χ0n) is 17.0. The highest BCUT2D eigenvalue weighted by Crippen LogP contribution is 2.33. The second-order valence-corrected chi connectivity index (χ2v) is 7.09. The molecule has 0 spiro atoms. The third-order valence-corrected chi connectivity index (χ3v) is 5.04. The van der Waals surface area contributed by atoms with Gasteiger partial charge >= 0.3 is 0 Å². The molecule has 2 aromatic carbocycles. The van der Waals surface area contributed by atoms with E-state index in [0.717, 1.165) is 49.8 Å². The summed E-state index contributed by atoms with van der Waals surface area (Å²) < 4.78 is 57.7. The van der Waals surface area contributed by atoms with Crippen molar-refractivity contribution in [2.24, 2.45) is 0 Å². The highest BCUT2D eigenvalue weighted by Gasteiger charge is 2.25. The van der Waals surface area contributed by atoms with Crippen LogP contribution in [0.25, 0.3) is 11.1 Å². The van der Waals surface area contributed by atoms with Crippen molar-refractivity contribution < 1.29 is 22.4 Å². The molecule has 1 aliphatic heterocycles. The number of aromatic nitrogens is 1. The molecule has 5 nitrogen and oxygen atoms in total. The Balaban J connectivity index is 0.00000193. The normalized spacial score (nSPS) is 14.7. The maximum absolute atomic E-state index is 15.1. The molecule has 176 valence electrons. The standard InChI is InChI=1S/C22H18F4N4O.2ClH/c23-14-2-1-3-15(24)19(14)20-16(25)5-4-13(21(20)26)22(31)30-18-11-28-9-7-17(18)29-12-6-8-27-10-12;;/h1-5,7,9,11-12,27H,6,8,10H2,(H,28,29)(H,30,31);2*1H/t12-;;/m1../s1. The lowest BCUT2D eigenvalue weighted by molar-refractivity contribution is 0.102. The fourth-order valence-electron chi connectivity index (χ4n) is 3.50. The van der Waals surface area contributed by atoms with Crippen LogP contribution in [0.1, 0.15) is 16.8 Å². The van der Waals surface area contributed by atoms with Crippen LogP contribution < -0.4 is 16.0 Å². The van der Waals surface area contributed by atoms with Gasteiger partial charge in [-0.15, -0.1) is 24.8 Å². The number of hydrogen-bond donors (Lipinski definition) is 3. The minimum absolute atomic E-state index is 0. The number of benzene rings is 2. The summed E-state index contributed by atoms with van der Waals surface area (Å²) in [5.74, 6) is -5.73. The number of hydrogen-bond acceptors (Lipinski definition) is 4. The number of carbonyl (C=O) groups is 1. The van der Waals surface area contributed by atoms with Crippen LogP contribution in [0.2, 0.25) is 0 Å². The predicted octanol–water partition coefficient (Wildman–Crippen LogP) is 5.17. The van der Waals surface area contributed by atoms with Crippen molar-refractivity contribution in [2.75, 3.05) is 23.7 Å². The van der Waals surface area contributed by atoms with Gasteiger partial charge in [0, 0.05) is 18.8 Å². The molecule has 1 saturated heterocycles. The molecule has 0 aliphatic carbocycles. The smallest absolute Gasteiger partial charge is 0.258 e. The largest absolute Gasteiger partial charge is 0.379 e. The Morgan fingerprint density at radius 3 is 2.30 bits per heavy atom. The molecule has 2 heterocycles. The summed E-state index contributed by atoms with van der Waals surface area (Å²) in [5, 5.41) is 9.02. The molecule has 33 heavy (non-hydrogen) atoms. The molecule has 1 atom stereocenters. The molecule has 3 N–H and O–H groups in total. The number of nitrogens with one attached hydrogen (secondary N) is 3. The van der Waals surface area contributed by atoms with Crippen molar-refractivity contribution in [2.45, 2.75) is 12.5 Å². The maximum Gasteiger partial charge on any atom is 0.258 e. The SMILES string of the molecule is Cl.Cl.O=C(Nc1cnccc1N[C@@H]1CCNC1)c1ccc(F)c(-c2c(F)cccc2F)c1F. The van der Waals surface area contributed by atoms with Crippen LogP contribution >= 0.6 is 24.8 Å². The molecule has 3 aromatic rings. The summed E-state index contributed by atoms with van der Waals surface area (Å²) in [6, 6.07) is 6.38. The molecule has 0 saturated carbocycles. The molecule has 0 unspecified atom stereocenters. The second-order valence-electron chi connectivity index (χ2n) is 7.09. The topological polar surface area (TPSA) is 66.0 Å². The van der Waals surface area contributed by atoms with E-state index in [1.54, 1.807) is 6.07 Å². The van der Waals surface area contributed by atoms with Gasteiger partial charge in [-0.3, -0.25) is 9.78 Å². The number of pyridine rings is 1. The molecular formula is C22H20Cl2F4N4O. The summed E-state index contributed by atoms with van der Waals surface area (Å²) in [4.78, 5) is 16.7. The van der Waals surface area contributed by atoms with E-state index < -0.39 is 45.9 Å². The van der Waals surface area contributed by atoms with E-state index in [4.69, 9.17) is 0 Å². The van der Waals surface area contributed by atoms with E-state index >= 15 is 4.39 Å². The molecule has 4 rings (SSSR count). The van der Waals surface area contributed by atoms with Gasteiger partial charge in [0.05, 0.1) is 34.3 Å². The summed E-state index contributed by atoms with van der Waals surface area (Å²) in [6.45, 7) is 1.61. The van der Waals surface area contributed by atoms with Gasteiger partial charge in [0.25, 0.3) is 5.91 Å². The lowest BCUT2D eigenvalue weighted by atomic mass is 9.99. The van der Waals surface area contributed by atoms with Gasteiger partial charge < -0.3 is 16.0 Å². The van der Waals surface area contributed by atoms with Gasteiger partial charge in [0.1, 0.15) is 23.3 Å². The van der Waals surface area contributed by atoms with E-state index in [-0.39, 0.29) is 30.9 Å². The molecule has 1 aliphatic rings. The number of carbonyl (C=O) groups excluding carboxylic acids is 1. The number of amides is 1. The molecule has 11 heteroatoms. The number of anilines is 2. The average molecular weight is 503 g/mol. The Morgan fingerprint density at radius 1 is 0.939 bits per heavy atom. The van der Waals surface area contributed by atoms with Crippen LogP contribution in [0.15, 0.2) is 48.8 Å². The monoisotopic (exact) mass is 502 g/mol. The highest BCUT2D eigenvalue weighted by atomic mass is 35.5. The zero-order valence-corrected chi connectivity index (χ0v) is 18.6. The van der Waals surface area contributed by atoms with Crippen LogP contribution in [-0.2, 0) is 0 Å². The first-order valence-electron chi connectivity index (χ1n) is 9.60. The van der Waals surface area contributed by atoms with Crippen molar-refractivity contribution in [1.29, 1.82) is 0 Å². The van der Waals surface area contributed by atoms with Crippen molar-refractivity contribution in [1.82, 2.24) is 10.3 Å². The fraction of sp³-hybridized carbons (Fsp3) is 0.182. The first-order chi connectivity index (χ1) is 15.0. The Hall–Kier alpha value is -2.88. The van der Waals surface area contributed by atoms with Crippen LogP contribution in [0.4, 0.5) is 28.9 Å². The van der Waals surface area contributed by atoms with Gasteiger partial charge in [-0.25, -0.2) is 17.6 Å². The third kappa shape index (κ3) is 5.55. The van der Waals surface area contributed by atoms with E-state index in [0.29, 0.717) is 11.4 Å². The maximum atomic E-state index is 15.1. The Bertz CT molecular complexity index is 1120. The van der Waals surface area contributed by atoms with Crippen molar-refractivity contribution in [3.63, 3.8) is 0 Å². The fourth-order valence-corrected chi connectivity index (χ4v) is 3.50. The van der Waals surface area contributed by atoms with Crippen molar-refractivity contribution in [3.05, 3.63) is 77.6 Å². The lowest BCUT2D eigenvalue weighted by Crippen LogP contribution is -2.23. The number of rotatable bonds is 5. The minimum atomic E-state index is -1.36. The molecule has 0 bridgehead atoms. The van der Waals surface area contributed by atoms with E-state index in [2.05, 4.69) is 20.9 Å². The van der Waals surface area contributed by atoms with Crippen molar-refractivity contribution >= 4 is 42.1 Å². The first-order valence-corrected chi connectivity index (χ1v) is 9.60. The van der Waals surface area contributed by atoms with Crippen molar-refractivity contribution in [3.8, 4) is 11.1 Å². The Labute approximate surface area is 199 Å². The van der Waals surface area contributed by atoms with Crippen LogP contribution in [0, 0.1) is 23.3 Å². The first kappa shape index (κ1) is 26.4. The van der Waals surface area contributed by atoms with Gasteiger partial charge in [0.2, 0.25) is 0 Å². The van der Waals surface area contributed by atoms with Gasteiger partial charge in [-0.05, 0) is 43.3 Å². The van der Waals surface area contributed by atoms with Crippen LogP contribution in [0.5, 0.6) is 0 Å². The van der Waals surface area contributed by atoms with E-state index in [9.17, 15) is 18.0 Å². The Kier molecular flexibility index (Phi) is 9.04. The van der Waals surface area contributed by atoms with E-state index in [1.807, 2.05) is 0 Å². The molecule has 1 aromatic heterocycles. The van der Waals surface area contributed by atoms with Gasteiger partial charge in [-0.2, -0.15) is 0 Å². The average Bonchev–Trinajstić information content (AvgIpc) is 3.24. The molecular weight excluding hydrogens is 483 g/mol. The van der Waals surface area contributed by atoms with Crippen LogP contribution in [-0.4, -0.2) is 30.0 Å². The molecule has 0 radical (unpaired) electrons. The second kappa shape index (κ2) is 11.3. The molecule has 1 amide bonds. The highest BCUT2D eigenvalue weighted by molar-refractivity contribution is 6.06. The third-order valence-electron chi connectivity index (χ3n) is 5.04. The summed E-state index contributed by atoms with van der Waals surface area (Å²) in [6.07, 6.45) is 3.82. The van der Waals surface area contributed by atoms with Gasteiger partial charge in [0.15, 0.2) is 0 Å². The lowest BCUT2D eigenvalue weighted by Gasteiger charge is -2.17. The quantitative estimate of drug-likeness (QED) is 0.421. The number of halogens is 6. The Morgan fingerprint density at radius 2 is 1.64 bits per heavy atom. The van der Waals surface area contributed by atoms with E-state index in [1.165, 1.54) is 12.4 Å². The molecule has 1 fully saturated rings. The summed E-state index contributed by atoms with van der Waals surface area (Å²) in [7, 11) is 0. The zero-order chi connectivity index (χ0) is 22.0. The predicted molar refractivity (Wildman–Crippen MR) is 123 cm³/mol. The summed E-state index contributed by atoms with van der Waals surface area (Å²) in [5.41, 5.74) is -1.49. The van der Waals surface area contributed by atoms with Gasteiger partial charge in [-0.1, -0.05) is 6.07 Å². The number of nitrogens with zero attached hydrogens (tertiary/aromatic N) is 1.